The van der Waals surface area contributed by atoms with Crippen LogP contribution in [0.3, 0.4) is 0 Å². The predicted octanol–water partition coefficient (Wildman–Crippen LogP) is 17.5. The Balaban J connectivity index is 0.999. The molecule has 0 saturated heterocycles. The first-order chi connectivity index (χ1) is 30.7. The molecule has 1 nitrogen and oxygen atoms in total. The minimum atomic E-state index is 1.10. The van der Waals surface area contributed by atoms with Crippen molar-refractivity contribution < 1.29 is 0 Å². The maximum atomic E-state index is 2.41. The molecule has 12 rings (SSSR count). The van der Waals surface area contributed by atoms with Crippen LogP contribution in [0.25, 0.3) is 98.1 Å². The third-order valence-electron chi connectivity index (χ3n) is 12.5. The second-order valence-electron chi connectivity index (χ2n) is 16.0. The summed E-state index contributed by atoms with van der Waals surface area (Å²) in [4.78, 5) is 2.41. The summed E-state index contributed by atoms with van der Waals surface area (Å²) in [5, 5.41) is 2.63. The van der Waals surface area contributed by atoms with Crippen LogP contribution in [-0.2, 0) is 0 Å². The largest absolute Gasteiger partial charge is 0.310 e. The summed E-state index contributed by atoms with van der Waals surface area (Å²) in [7, 11) is 0. The zero-order valence-corrected chi connectivity index (χ0v) is 34.7. The number of hydrogen-bond donors (Lipinski definition) is 0. The second kappa shape index (κ2) is 15.0. The zero-order chi connectivity index (χ0) is 41.0. The third-order valence-corrected chi connectivity index (χ3v) is 13.7. The van der Waals surface area contributed by atoms with Gasteiger partial charge < -0.3 is 4.90 Å². The first-order valence-corrected chi connectivity index (χ1v) is 22.1. The molecule has 0 aliphatic heterocycles. The molecule has 0 atom stereocenters. The van der Waals surface area contributed by atoms with Crippen LogP contribution in [0.4, 0.5) is 17.1 Å². The molecule has 1 aliphatic rings. The van der Waals surface area contributed by atoms with E-state index in [2.05, 4.69) is 241 Å². The van der Waals surface area contributed by atoms with E-state index in [0.29, 0.717) is 0 Å². The third kappa shape index (κ3) is 6.15. The number of anilines is 3. The van der Waals surface area contributed by atoms with Crippen LogP contribution in [-0.4, -0.2) is 0 Å². The van der Waals surface area contributed by atoms with Gasteiger partial charge in [-0.15, -0.1) is 11.3 Å². The van der Waals surface area contributed by atoms with E-state index in [1.54, 1.807) is 0 Å². The fraction of sp³-hybridized carbons (Fsp3) is 0. The Kier molecular flexibility index (Phi) is 8.76. The highest BCUT2D eigenvalue weighted by Gasteiger charge is 2.23. The molecular weight excluding hydrogens is 767 g/mol. The van der Waals surface area contributed by atoms with Crippen molar-refractivity contribution in [3.05, 3.63) is 237 Å². The summed E-state index contributed by atoms with van der Waals surface area (Å²) in [5.41, 5.74) is 20.5. The van der Waals surface area contributed by atoms with Gasteiger partial charge in [-0.1, -0.05) is 194 Å². The predicted molar refractivity (Wildman–Crippen MR) is 266 cm³/mol. The molecule has 62 heavy (non-hydrogen) atoms. The lowest BCUT2D eigenvalue weighted by atomic mass is 9.81. The number of nitrogens with zero attached hydrogens (tertiary/aromatic N) is 1. The minimum Gasteiger partial charge on any atom is -0.310 e. The molecule has 0 saturated carbocycles. The Labute approximate surface area is 366 Å². The summed E-state index contributed by atoms with van der Waals surface area (Å²) in [5.74, 6) is 0. The average Bonchev–Trinajstić information content (AvgIpc) is 3.74. The van der Waals surface area contributed by atoms with E-state index in [0.717, 1.165) is 17.1 Å². The molecule has 0 bridgehead atoms. The average molecular weight is 806 g/mol. The van der Waals surface area contributed by atoms with Crippen molar-refractivity contribution in [1.29, 1.82) is 0 Å². The summed E-state index contributed by atoms with van der Waals surface area (Å²) in [6, 6.07) is 86.8. The van der Waals surface area contributed by atoms with Crippen LogP contribution in [0.15, 0.2) is 237 Å². The van der Waals surface area contributed by atoms with E-state index in [1.807, 2.05) is 11.3 Å². The van der Waals surface area contributed by atoms with Crippen LogP contribution < -0.4 is 4.90 Å². The van der Waals surface area contributed by atoms with Crippen molar-refractivity contribution in [3.8, 4) is 77.9 Å². The highest BCUT2D eigenvalue weighted by atomic mass is 32.1. The van der Waals surface area contributed by atoms with Gasteiger partial charge in [0.05, 0.1) is 0 Å². The molecule has 290 valence electrons. The van der Waals surface area contributed by atoms with Gasteiger partial charge in [-0.25, -0.2) is 0 Å². The molecular formula is C60H39NS. The van der Waals surface area contributed by atoms with E-state index in [1.165, 1.54) is 98.1 Å². The maximum Gasteiger partial charge on any atom is 0.0468 e. The van der Waals surface area contributed by atoms with Crippen molar-refractivity contribution in [1.82, 2.24) is 0 Å². The Morgan fingerprint density at radius 2 is 0.629 bits per heavy atom. The number of hydrogen-bond acceptors (Lipinski definition) is 2. The molecule has 10 aromatic carbocycles. The molecule has 1 aliphatic carbocycles. The molecule has 0 fully saturated rings. The number of thiophene rings is 1. The van der Waals surface area contributed by atoms with E-state index in [9.17, 15) is 0 Å². The molecule has 11 aromatic rings. The van der Waals surface area contributed by atoms with Crippen molar-refractivity contribution in [3.63, 3.8) is 0 Å². The van der Waals surface area contributed by atoms with Gasteiger partial charge in [0, 0.05) is 37.2 Å². The normalized spacial score (nSPS) is 11.5. The number of benzene rings is 10. The van der Waals surface area contributed by atoms with Crippen molar-refractivity contribution in [2.75, 3.05) is 4.90 Å². The lowest BCUT2D eigenvalue weighted by Crippen LogP contribution is -2.10. The van der Waals surface area contributed by atoms with Gasteiger partial charge in [0.1, 0.15) is 0 Å². The molecule has 0 amide bonds. The lowest BCUT2D eigenvalue weighted by molar-refractivity contribution is 1.28. The van der Waals surface area contributed by atoms with Gasteiger partial charge in [0.2, 0.25) is 0 Å². The molecule has 1 heterocycles. The first kappa shape index (κ1) is 36.1. The number of rotatable bonds is 6. The van der Waals surface area contributed by atoms with Crippen molar-refractivity contribution in [2.45, 2.75) is 0 Å². The van der Waals surface area contributed by atoms with Crippen molar-refractivity contribution >= 4 is 48.6 Å². The zero-order valence-electron chi connectivity index (χ0n) is 33.9. The van der Waals surface area contributed by atoms with Crippen LogP contribution in [0.2, 0.25) is 0 Å². The summed E-state index contributed by atoms with van der Waals surface area (Å²) >= 11 is 1.88. The van der Waals surface area contributed by atoms with Crippen LogP contribution >= 0.6 is 11.3 Å². The molecule has 2 heteroatoms. The van der Waals surface area contributed by atoms with E-state index >= 15 is 0 Å². The van der Waals surface area contributed by atoms with Gasteiger partial charge in [0.15, 0.2) is 0 Å². The lowest BCUT2D eigenvalue weighted by Gasteiger charge is -2.28. The fourth-order valence-corrected chi connectivity index (χ4v) is 10.7. The Morgan fingerprint density at radius 1 is 0.242 bits per heavy atom. The second-order valence-corrected chi connectivity index (χ2v) is 17.1. The molecule has 0 spiro atoms. The van der Waals surface area contributed by atoms with Gasteiger partial charge in [-0.2, -0.15) is 0 Å². The quantitative estimate of drug-likeness (QED) is 0.162. The Bertz CT molecular complexity index is 3430. The summed E-state index contributed by atoms with van der Waals surface area (Å²) < 4.78 is 2.65. The van der Waals surface area contributed by atoms with Crippen molar-refractivity contribution in [2.24, 2.45) is 0 Å². The van der Waals surface area contributed by atoms with E-state index in [4.69, 9.17) is 0 Å². The van der Waals surface area contributed by atoms with Gasteiger partial charge in [0.25, 0.3) is 0 Å². The molecule has 1 aromatic heterocycles. The Morgan fingerprint density at radius 3 is 1.19 bits per heavy atom. The number of fused-ring (bicyclic) bond motifs is 11. The van der Waals surface area contributed by atoms with Gasteiger partial charge in [-0.3, -0.25) is 0 Å². The maximum absolute atomic E-state index is 2.41. The minimum absolute atomic E-state index is 1.10. The fourth-order valence-electron chi connectivity index (χ4n) is 9.49. The van der Waals surface area contributed by atoms with Crippen LogP contribution in [0, 0.1) is 0 Å². The monoisotopic (exact) mass is 805 g/mol. The van der Waals surface area contributed by atoms with Crippen LogP contribution in [0.1, 0.15) is 0 Å². The Hall–Kier alpha value is -7.78. The highest BCUT2D eigenvalue weighted by molar-refractivity contribution is 7.26. The topological polar surface area (TPSA) is 3.24 Å². The van der Waals surface area contributed by atoms with E-state index < -0.39 is 0 Å². The summed E-state index contributed by atoms with van der Waals surface area (Å²) in [6.45, 7) is 0. The molecule has 0 N–H and O–H groups in total. The molecule has 0 radical (unpaired) electrons. The van der Waals surface area contributed by atoms with E-state index in [-0.39, 0.29) is 0 Å². The first-order valence-electron chi connectivity index (χ1n) is 21.2. The summed E-state index contributed by atoms with van der Waals surface area (Å²) in [6.07, 6.45) is 0. The smallest absolute Gasteiger partial charge is 0.0468 e. The van der Waals surface area contributed by atoms with Crippen LogP contribution in [0.5, 0.6) is 0 Å². The SMILES string of the molecule is c1ccc(-c2ccc(-c3ccc(N(c4ccc(-c5cccc6c5sc5ccccc56)cc4)c4ccc5c(c4)-c4ccccc4-c4ccccc4-c4ccccc4-5)cc3)cc2)cc1. The van der Waals surface area contributed by atoms with Gasteiger partial charge in [-0.05, 0) is 120 Å². The molecule has 0 unspecified atom stereocenters. The highest BCUT2D eigenvalue weighted by Crippen LogP contribution is 2.50. The standard InChI is InChI=1S/C60H39NS/c1-2-13-40(14-3-1)41-25-27-42(28-26-41)43-29-33-45(34-30-43)61(46-35-31-44(32-36-46)48-22-12-23-57-56-21-10-11-24-59(56)62-60(48)57)47-37-38-55-53-19-7-6-17-51(53)49-15-4-5-16-50(49)52-18-8-9-20-54(52)58(55)39-47/h1-39H. The van der Waals surface area contributed by atoms with Gasteiger partial charge >= 0.3 is 0 Å².